The highest BCUT2D eigenvalue weighted by atomic mass is 19.1. The SMILES string of the molecule is COC(=O)C1CCNC1.O=C(O)C1CCN(Cc2cccc(-c3ccc(OC4CCC5(CCCC5)CC4)cc3)c2F)C1.O=Cc1cccc(-c2ccc(OC3CCC4(CCCC4)CC3)cc2)c1F. The van der Waals surface area contributed by atoms with Gasteiger partial charge >= 0.3 is 11.9 Å². The summed E-state index contributed by atoms with van der Waals surface area (Å²) in [5, 5.41) is 12.3. The van der Waals surface area contributed by atoms with Gasteiger partial charge in [-0.2, -0.15) is 0 Å². The third-order valence-electron chi connectivity index (χ3n) is 16.1. The fourth-order valence-electron chi connectivity index (χ4n) is 11.9. The standard InChI is InChI=1S/C28H34FNO3.C23H25FO2.C6H11NO2/c29-26-21(18-30-17-12-22(19-30)27(31)32)4-3-5-25(26)20-6-8-23(9-7-20)33-24-10-15-28(16-11-24)13-1-2-14-28;24-22-18(16-25)4-3-5-21(22)17-6-8-19(9-7-17)26-20-10-14-23(15-11-20)12-1-2-13-23;1-9-6(8)5-2-3-7-4-5/h3-9,22,24H,1-2,10-19H2,(H,31,32);3-9,16,20H,1-2,10-15H2;5,7H,2-4H2,1H3. The second-order valence-electron chi connectivity index (χ2n) is 20.5. The normalized spacial score (nSPS) is 23.0. The van der Waals surface area contributed by atoms with Crippen molar-refractivity contribution in [2.45, 2.75) is 134 Å². The summed E-state index contributed by atoms with van der Waals surface area (Å²) in [6.07, 6.45) is 23.6. The predicted molar refractivity (Wildman–Crippen MR) is 261 cm³/mol. The van der Waals surface area contributed by atoms with Gasteiger partial charge < -0.3 is 24.6 Å². The van der Waals surface area contributed by atoms with Crippen molar-refractivity contribution in [3.05, 3.63) is 108 Å². The van der Waals surface area contributed by atoms with Crippen molar-refractivity contribution < 1.29 is 42.5 Å². The summed E-state index contributed by atoms with van der Waals surface area (Å²) in [7, 11) is 1.43. The van der Waals surface area contributed by atoms with Crippen LogP contribution in [0.25, 0.3) is 22.3 Å². The van der Waals surface area contributed by atoms with E-state index in [9.17, 15) is 23.9 Å². The third kappa shape index (κ3) is 12.4. The second-order valence-corrected chi connectivity index (χ2v) is 20.5. The molecule has 2 heterocycles. The van der Waals surface area contributed by atoms with Crippen LogP contribution in [0.3, 0.4) is 0 Å². The molecule has 4 aromatic rings. The maximum Gasteiger partial charge on any atom is 0.309 e. The number of aliphatic carboxylic acids is 1. The Labute approximate surface area is 401 Å². The van der Waals surface area contributed by atoms with Crippen molar-refractivity contribution >= 4 is 18.2 Å². The Hall–Kier alpha value is -5.13. The number of carbonyl (C=O) groups is 3. The number of rotatable bonds is 11. The van der Waals surface area contributed by atoms with Gasteiger partial charge in [-0.3, -0.25) is 19.3 Å². The molecular formula is C57H70F2N2O7. The Morgan fingerprint density at radius 1 is 0.676 bits per heavy atom. The fourth-order valence-corrected chi connectivity index (χ4v) is 11.9. The molecule has 2 N–H and O–H groups in total. The number of ether oxygens (including phenoxy) is 3. The Kier molecular flexibility index (Phi) is 16.7. The van der Waals surface area contributed by atoms with Crippen molar-refractivity contribution in [2.75, 3.05) is 33.3 Å². The number of esters is 1. The monoisotopic (exact) mass is 933 g/mol. The molecule has 0 bridgehead atoms. The lowest BCUT2D eigenvalue weighted by Gasteiger charge is -2.37. The smallest absolute Gasteiger partial charge is 0.309 e. The van der Waals surface area contributed by atoms with E-state index in [0.29, 0.717) is 66.0 Å². The maximum absolute atomic E-state index is 15.3. The van der Waals surface area contributed by atoms with E-state index in [4.69, 9.17) is 9.47 Å². The zero-order chi connectivity index (χ0) is 47.5. The minimum absolute atomic E-state index is 0.0833. The number of carboxylic acids is 1. The van der Waals surface area contributed by atoms with E-state index in [1.165, 1.54) is 90.2 Å². The number of hydrogen-bond donors (Lipinski definition) is 2. The molecule has 10 rings (SSSR count). The number of carbonyl (C=O) groups excluding carboxylic acids is 2. The van der Waals surface area contributed by atoms with Crippen LogP contribution >= 0.6 is 0 Å². The van der Waals surface area contributed by atoms with Crippen LogP contribution in [0.15, 0.2) is 84.9 Å². The summed E-state index contributed by atoms with van der Waals surface area (Å²) in [5.41, 5.74) is 4.54. The number of benzene rings is 4. The Bertz CT molecular complexity index is 2280. The molecule has 2 aliphatic heterocycles. The first-order valence-corrected chi connectivity index (χ1v) is 25.3. The largest absolute Gasteiger partial charge is 0.490 e. The van der Waals surface area contributed by atoms with Gasteiger partial charge in [0.1, 0.15) is 23.1 Å². The molecule has 2 saturated heterocycles. The van der Waals surface area contributed by atoms with Gasteiger partial charge in [0.15, 0.2) is 6.29 Å². The van der Waals surface area contributed by atoms with E-state index in [1.54, 1.807) is 24.3 Å². The molecule has 4 aliphatic carbocycles. The molecule has 4 saturated carbocycles. The molecule has 0 radical (unpaired) electrons. The highest BCUT2D eigenvalue weighted by Crippen LogP contribution is 2.50. The van der Waals surface area contributed by atoms with Crippen LogP contribution in [0.5, 0.6) is 11.5 Å². The Morgan fingerprint density at radius 2 is 1.19 bits per heavy atom. The fraction of sp³-hybridized carbons (Fsp3) is 0.526. The summed E-state index contributed by atoms with van der Waals surface area (Å²) in [6.45, 7) is 3.34. The van der Waals surface area contributed by atoms with Crippen molar-refractivity contribution in [2.24, 2.45) is 22.7 Å². The van der Waals surface area contributed by atoms with Gasteiger partial charge in [-0.05, 0) is 155 Å². The molecule has 2 spiro atoms. The Morgan fingerprint density at radius 3 is 1.65 bits per heavy atom. The van der Waals surface area contributed by atoms with Crippen LogP contribution < -0.4 is 14.8 Å². The first kappa shape index (κ1) is 49.3. The summed E-state index contributed by atoms with van der Waals surface area (Å²) in [4.78, 5) is 34.9. The molecule has 9 nitrogen and oxygen atoms in total. The van der Waals surface area contributed by atoms with Gasteiger partial charge in [0, 0.05) is 36.3 Å². The molecule has 4 aromatic carbocycles. The summed E-state index contributed by atoms with van der Waals surface area (Å²) in [5.74, 6) is -0.0797. The van der Waals surface area contributed by atoms with Crippen molar-refractivity contribution in [1.82, 2.24) is 10.2 Å². The molecule has 0 amide bonds. The lowest BCUT2D eigenvalue weighted by Crippen LogP contribution is -2.30. The minimum atomic E-state index is -0.764. The predicted octanol–water partition coefficient (Wildman–Crippen LogP) is 12.2. The van der Waals surface area contributed by atoms with E-state index in [-0.39, 0.29) is 35.3 Å². The molecule has 364 valence electrons. The molecule has 6 aliphatic rings. The highest BCUT2D eigenvalue weighted by Gasteiger charge is 2.39. The summed E-state index contributed by atoms with van der Waals surface area (Å²) in [6, 6.07) is 25.7. The molecule has 0 aromatic heterocycles. The van der Waals surface area contributed by atoms with Gasteiger partial charge in [0.25, 0.3) is 0 Å². The third-order valence-corrected chi connectivity index (χ3v) is 16.1. The van der Waals surface area contributed by atoms with Crippen molar-refractivity contribution in [1.29, 1.82) is 0 Å². The number of aldehydes is 1. The zero-order valence-electron chi connectivity index (χ0n) is 39.8. The number of methoxy groups -OCH3 is 1. The van der Waals surface area contributed by atoms with Crippen molar-refractivity contribution in [3.8, 4) is 33.8 Å². The number of likely N-dealkylation sites (tertiary alicyclic amines) is 1. The van der Waals surface area contributed by atoms with Crippen LogP contribution in [-0.2, 0) is 20.9 Å². The zero-order valence-corrected chi connectivity index (χ0v) is 39.8. The van der Waals surface area contributed by atoms with Gasteiger partial charge in [-0.15, -0.1) is 0 Å². The van der Waals surface area contributed by atoms with Crippen LogP contribution in [0.2, 0.25) is 0 Å². The average Bonchev–Trinajstić information content (AvgIpc) is 4.23. The molecule has 11 heteroatoms. The molecule has 2 atom stereocenters. The minimum Gasteiger partial charge on any atom is -0.490 e. The van der Waals surface area contributed by atoms with E-state index in [1.807, 2.05) is 59.5 Å². The van der Waals surface area contributed by atoms with Gasteiger partial charge in [0.2, 0.25) is 0 Å². The van der Waals surface area contributed by atoms with E-state index in [2.05, 4.69) is 10.1 Å². The molecule has 2 unspecified atom stereocenters. The van der Waals surface area contributed by atoms with Gasteiger partial charge in [-0.1, -0.05) is 80.3 Å². The first-order valence-electron chi connectivity index (χ1n) is 25.3. The number of hydrogen-bond acceptors (Lipinski definition) is 8. The highest BCUT2D eigenvalue weighted by molar-refractivity contribution is 5.80. The number of nitrogens with zero attached hydrogens (tertiary/aromatic N) is 1. The number of halogens is 2. The van der Waals surface area contributed by atoms with Gasteiger partial charge in [0.05, 0.1) is 36.7 Å². The topological polar surface area (TPSA) is 114 Å². The van der Waals surface area contributed by atoms with Crippen molar-refractivity contribution in [3.63, 3.8) is 0 Å². The van der Waals surface area contributed by atoms with E-state index < -0.39 is 11.8 Å². The average molecular weight is 933 g/mol. The lowest BCUT2D eigenvalue weighted by atomic mass is 9.72. The van der Waals surface area contributed by atoms with Crippen LogP contribution in [0.1, 0.15) is 131 Å². The number of carboxylic acid groups (broad SMARTS) is 1. The van der Waals surface area contributed by atoms with Crippen LogP contribution in [0, 0.1) is 34.3 Å². The summed E-state index contributed by atoms with van der Waals surface area (Å²) >= 11 is 0. The maximum atomic E-state index is 15.3. The van der Waals surface area contributed by atoms with Crippen LogP contribution in [-0.4, -0.2) is 73.7 Å². The summed E-state index contributed by atoms with van der Waals surface area (Å²) < 4.78 is 46.6. The van der Waals surface area contributed by atoms with Gasteiger partial charge in [-0.25, -0.2) is 8.78 Å². The molecule has 6 fully saturated rings. The Balaban J connectivity index is 0.000000158. The second kappa shape index (κ2) is 23.0. The quantitative estimate of drug-likeness (QED) is 0.112. The number of nitrogens with one attached hydrogen (secondary N) is 1. The van der Waals surface area contributed by atoms with E-state index in [0.717, 1.165) is 67.8 Å². The molecular weight excluding hydrogens is 863 g/mol. The lowest BCUT2D eigenvalue weighted by molar-refractivity contribution is -0.144. The van der Waals surface area contributed by atoms with E-state index >= 15 is 4.39 Å². The first-order chi connectivity index (χ1) is 33.0. The molecule has 68 heavy (non-hydrogen) atoms. The van der Waals surface area contributed by atoms with Crippen LogP contribution in [0.4, 0.5) is 8.78 Å².